The first-order valence-corrected chi connectivity index (χ1v) is 7.54. The van der Waals surface area contributed by atoms with E-state index in [-0.39, 0.29) is 0 Å². The highest BCUT2D eigenvalue weighted by Gasteiger charge is 2.31. The lowest BCUT2D eigenvalue weighted by Gasteiger charge is -2.20. The SMILES string of the molecule is CCNC(=NCc1nnc(C)n1C)NC(COC)C1CC1. The summed E-state index contributed by atoms with van der Waals surface area (Å²) in [6.07, 6.45) is 2.53. The number of rotatable bonds is 7. The predicted octanol–water partition coefficient (Wildman–Crippen LogP) is 0.604. The van der Waals surface area contributed by atoms with Gasteiger partial charge in [-0.25, -0.2) is 4.99 Å². The van der Waals surface area contributed by atoms with Crippen molar-refractivity contribution in [3.05, 3.63) is 11.6 Å². The molecule has 1 aromatic heterocycles. The Bertz CT molecular complexity index is 480. The third-order valence-electron chi connectivity index (χ3n) is 3.76. The van der Waals surface area contributed by atoms with Gasteiger partial charge in [-0.15, -0.1) is 10.2 Å². The first kappa shape index (κ1) is 15.8. The molecule has 0 saturated heterocycles. The van der Waals surface area contributed by atoms with Gasteiger partial charge in [-0.1, -0.05) is 0 Å². The molecule has 118 valence electrons. The Balaban J connectivity index is 1.99. The van der Waals surface area contributed by atoms with E-state index in [1.807, 2.05) is 18.5 Å². The van der Waals surface area contributed by atoms with E-state index in [2.05, 4.69) is 32.7 Å². The number of nitrogens with zero attached hydrogens (tertiary/aromatic N) is 4. The van der Waals surface area contributed by atoms with Crippen LogP contribution in [-0.2, 0) is 18.3 Å². The summed E-state index contributed by atoms with van der Waals surface area (Å²) >= 11 is 0. The number of hydrogen-bond donors (Lipinski definition) is 2. The number of aryl methyl sites for hydroxylation is 1. The van der Waals surface area contributed by atoms with E-state index < -0.39 is 0 Å². The smallest absolute Gasteiger partial charge is 0.192 e. The average molecular weight is 294 g/mol. The molecule has 1 aliphatic rings. The van der Waals surface area contributed by atoms with Crippen LogP contribution in [0.25, 0.3) is 0 Å². The first-order chi connectivity index (χ1) is 10.2. The molecule has 1 saturated carbocycles. The number of methoxy groups -OCH3 is 1. The Labute approximate surface area is 126 Å². The second-order valence-electron chi connectivity index (χ2n) is 5.46. The maximum Gasteiger partial charge on any atom is 0.192 e. The van der Waals surface area contributed by atoms with Crippen LogP contribution in [0.15, 0.2) is 4.99 Å². The predicted molar refractivity (Wildman–Crippen MR) is 82.1 cm³/mol. The van der Waals surface area contributed by atoms with Crippen molar-refractivity contribution in [3.8, 4) is 0 Å². The van der Waals surface area contributed by atoms with Gasteiger partial charge in [0.2, 0.25) is 0 Å². The van der Waals surface area contributed by atoms with Gasteiger partial charge in [0.1, 0.15) is 12.4 Å². The zero-order chi connectivity index (χ0) is 15.2. The van der Waals surface area contributed by atoms with Crippen LogP contribution in [0.2, 0.25) is 0 Å². The van der Waals surface area contributed by atoms with Crippen molar-refractivity contribution < 1.29 is 4.74 Å². The van der Waals surface area contributed by atoms with Gasteiger partial charge < -0.3 is 19.9 Å². The molecule has 0 spiro atoms. The van der Waals surface area contributed by atoms with Crippen molar-refractivity contribution in [3.63, 3.8) is 0 Å². The topological polar surface area (TPSA) is 76.4 Å². The van der Waals surface area contributed by atoms with Crippen LogP contribution in [0.1, 0.15) is 31.4 Å². The van der Waals surface area contributed by atoms with E-state index in [0.717, 1.165) is 24.2 Å². The summed E-state index contributed by atoms with van der Waals surface area (Å²) in [4.78, 5) is 4.61. The number of aliphatic imine (C=N–C) groups is 1. The van der Waals surface area contributed by atoms with E-state index in [1.54, 1.807) is 7.11 Å². The highest BCUT2D eigenvalue weighted by molar-refractivity contribution is 5.80. The van der Waals surface area contributed by atoms with E-state index in [9.17, 15) is 0 Å². The molecule has 1 heterocycles. The summed E-state index contributed by atoms with van der Waals surface area (Å²) in [5.41, 5.74) is 0. The minimum absolute atomic E-state index is 0.328. The Kier molecular flexibility index (Phi) is 5.55. The van der Waals surface area contributed by atoms with E-state index in [1.165, 1.54) is 12.8 Å². The van der Waals surface area contributed by atoms with Gasteiger partial charge in [0.15, 0.2) is 11.8 Å². The van der Waals surface area contributed by atoms with Crippen LogP contribution < -0.4 is 10.6 Å². The van der Waals surface area contributed by atoms with Crippen molar-refractivity contribution in [2.24, 2.45) is 18.0 Å². The third kappa shape index (κ3) is 4.42. The molecule has 2 N–H and O–H groups in total. The molecule has 0 amide bonds. The number of ether oxygens (including phenoxy) is 1. The molecule has 21 heavy (non-hydrogen) atoms. The molecule has 7 heteroatoms. The second kappa shape index (κ2) is 7.40. The van der Waals surface area contributed by atoms with Crippen LogP contribution in [0.3, 0.4) is 0 Å². The van der Waals surface area contributed by atoms with Gasteiger partial charge >= 0.3 is 0 Å². The van der Waals surface area contributed by atoms with E-state index >= 15 is 0 Å². The fourth-order valence-corrected chi connectivity index (χ4v) is 2.21. The molecule has 0 aromatic carbocycles. The Morgan fingerprint density at radius 3 is 2.76 bits per heavy atom. The van der Waals surface area contributed by atoms with Crippen LogP contribution >= 0.6 is 0 Å². The Morgan fingerprint density at radius 1 is 1.48 bits per heavy atom. The monoisotopic (exact) mass is 294 g/mol. The number of nitrogens with one attached hydrogen (secondary N) is 2. The summed E-state index contributed by atoms with van der Waals surface area (Å²) < 4.78 is 7.26. The number of hydrogen-bond acceptors (Lipinski definition) is 4. The van der Waals surface area contributed by atoms with Crippen molar-refractivity contribution in [2.45, 2.75) is 39.3 Å². The molecular weight excluding hydrogens is 268 g/mol. The first-order valence-electron chi connectivity index (χ1n) is 7.54. The Morgan fingerprint density at radius 2 is 2.24 bits per heavy atom. The molecule has 7 nitrogen and oxygen atoms in total. The zero-order valence-electron chi connectivity index (χ0n) is 13.4. The van der Waals surface area contributed by atoms with Gasteiger partial charge in [-0.3, -0.25) is 0 Å². The largest absolute Gasteiger partial charge is 0.383 e. The lowest BCUT2D eigenvalue weighted by atomic mass is 10.2. The van der Waals surface area contributed by atoms with Gasteiger partial charge in [0.25, 0.3) is 0 Å². The summed E-state index contributed by atoms with van der Waals surface area (Å²) in [5.74, 6) is 3.27. The highest BCUT2D eigenvalue weighted by Crippen LogP contribution is 2.32. The van der Waals surface area contributed by atoms with Crippen molar-refractivity contribution in [1.82, 2.24) is 25.4 Å². The van der Waals surface area contributed by atoms with E-state index in [0.29, 0.717) is 25.1 Å². The van der Waals surface area contributed by atoms with Gasteiger partial charge in [-0.05, 0) is 32.6 Å². The number of aromatic nitrogens is 3. The standard InChI is InChI=1S/C14H26N6O/c1-5-15-14(17-12(9-21-4)11-6-7-11)16-8-13-19-18-10(2)20(13)3/h11-12H,5-9H2,1-4H3,(H2,15,16,17). The third-order valence-corrected chi connectivity index (χ3v) is 3.76. The summed E-state index contributed by atoms with van der Waals surface area (Å²) in [5, 5.41) is 14.9. The molecule has 1 aromatic rings. The average Bonchev–Trinajstić information content (AvgIpc) is 3.25. The highest BCUT2D eigenvalue weighted by atomic mass is 16.5. The molecular formula is C14H26N6O. The zero-order valence-corrected chi connectivity index (χ0v) is 13.4. The molecule has 0 aliphatic heterocycles. The van der Waals surface area contributed by atoms with Gasteiger partial charge in [0.05, 0.1) is 12.6 Å². The normalized spacial score (nSPS) is 16.9. The number of guanidine groups is 1. The fourth-order valence-electron chi connectivity index (χ4n) is 2.21. The molecule has 1 aliphatic carbocycles. The lowest BCUT2D eigenvalue weighted by Crippen LogP contribution is -2.46. The van der Waals surface area contributed by atoms with Gasteiger partial charge in [-0.2, -0.15) is 0 Å². The fraction of sp³-hybridized carbons (Fsp3) is 0.786. The molecule has 1 unspecified atom stereocenters. The maximum atomic E-state index is 5.30. The Hall–Kier alpha value is -1.63. The molecule has 0 bridgehead atoms. The van der Waals surface area contributed by atoms with Crippen molar-refractivity contribution in [2.75, 3.05) is 20.3 Å². The summed E-state index contributed by atoms with van der Waals surface area (Å²) in [6.45, 7) is 6.04. The van der Waals surface area contributed by atoms with Gasteiger partial charge in [0, 0.05) is 20.7 Å². The van der Waals surface area contributed by atoms with E-state index in [4.69, 9.17) is 4.74 Å². The maximum absolute atomic E-state index is 5.30. The van der Waals surface area contributed by atoms with Crippen LogP contribution in [0.5, 0.6) is 0 Å². The molecule has 1 fully saturated rings. The second-order valence-corrected chi connectivity index (χ2v) is 5.46. The summed E-state index contributed by atoms with van der Waals surface area (Å²) in [6, 6.07) is 0.328. The minimum atomic E-state index is 0.328. The van der Waals surface area contributed by atoms with Crippen LogP contribution in [-0.4, -0.2) is 47.0 Å². The molecule has 0 radical (unpaired) electrons. The quantitative estimate of drug-likeness (QED) is 0.569. The minimum Gasteiger partial charge on any atom is -0.383 e. The molecule has 1 atom stereocenters. The summed E-state index contributed by atoms with van der Waals surface area (Å²) in [7, 11) is 3.70. The van der Waals surface area contributed by atoms with Crippen molar-refractivity contribution in [1.29, 1.82) is 0 Å². The van der Waals surface area contributed by atoms with Crippen LogP contribution in [0, 0.1) is 12.8 Å². The lowest BCUT2D eigenvalue weighted by molar-refractivity contribution is 0.165. The van der Waals surface area contributed by atoms with Crippen molar-refractivity contribution >= 4 is 5.96 Å². The molecule has 2 rings (SSSR count). The van der Waals surface area contributed by atoms with Crippen LogP contribution in [0.4, 0.5) is 0 Å².